The third-order valence-corrected chi connectivity index (χ3v) is 3.61. The molecule has 2 atom stereocenters. The Kier molecular flexibility index (Phi) is 3.79. The molecule has 1 aliphatic carbocycles. The van der Waals surface area contributed by atoms with Crippen molar-refractivity contribution in [2.75, 3.05) is 7.11 Å². The molecule has 3 nitrogen and oxygen atoms in total. The first-order chi connectivity index (χ1) is 8.22. The molecule has 1 aliphatic rings. The van der Waals surface area contributed by atoms with Crippen LogP contribution in [0.5, 0.6) is 0 Å². The summed E-state index contributed by atoms with van der Waals surface area (Å²) in [6.07, 6.45) is 3.32. The first-order valence-corrected chi connectivity index (χ1v) is 6.12. The van der Waals surface area contributed by atoms with E-state index < -0.39 is 0 Å². The number of methoxy groups -OCH3 is 1. The van der Waals surface area contributed by atoms with Crippen LogP contribution in [-0.4, -0.2) is 19.1 Å². The number of carbonyl (C=O) groups is 1. The summed E-state index contributed by atoms with van der Waals surface area (Å²) in [6, 6.07) is 8.51. The van der Waals surface area contributed by atoms with Crippen molar-refractivity contribution in [3.05, 3.63) is 35.4 Å². The molecule has 1 aromatic carbocycles. The molecule has 0 saturated heterocycles. The topological polar surface area (TPSA) is 52.3 Å². The third-order valence-electron chi connectivity index (χ3n) is 3.61. The molecule has 0 heterocycles. The number of benzene rings is 1. The number of rotatable bonds is 4. The van der Waals surface area contributed by atoms with E-state index in [4.69, 9.17) is 5.73 Å². The van der Waals surface area contributed by atoms with Gasteiger partial charge in [-0.15, -0.1) is 0 Å². The molecule has 17 heavy (non-hydrogen) atoms. The summed E-state index contributed by atoms with van der Waals surface area (Å²) in [4.78, 5) is 11.1. The first kappa shape index (κ1) is 12.1. The first-order valence-electron chi connectivity index (χ1n) is 6.12. The van der Waals surface area contributed by atoms with E-state index in [-0.39, 0.29) is 12.0 Å². The Morgan fingerprint density at radius 1 is 1.53 bits per heavy atom. The van der Waals surface area contributed by atoms with Crippen molar-refractivity contribution in [1.82, 2.24) is 0 Å². The summed E-state index contributed by atoms with van der Waals surface area (Å²) >= 11 is 0. The molecule has 2 rings (SSSR count). The average Bonchev–Trinajstić information content (AvgIpc) is 2.79. The number of aryl methyl sites for hydroxylation is 1. The Balaban J connectivity index is 1.98. The van der Waals surface area contributed by atoms with Gasteiger partial charge < -0.3 is 10.5 Å². The molecule has 1 aromatic rings. The van der Waals surface area contributed by atoms with Crippen molar-refractivity contribution in [2.45, 2.75) is 37.6 Å². The molecule has 2 N–H and O–H groups in total. The van der Waals surface area contributed by atoms with Gasteiger partial charge in [-0.1, -0.05) is 24.3 Å². The lowest BCUT2D eigenvalue weighted by Crippen LogP contribution is -2.28. The minimum Gasteiger partial charge on any atom is -0.469 e. The van der Waals surface area contributed by atoms with Crippen LogP contribution in [0.15, 0.2) is 24.3 Å². The fourth-order valence-electron chi connectivity index (χ4n) is 2.62. The van der Waals surface area contributed by atoms with Gasteiger partial charge in [-0.25, -0.2) is 0 Å². The number of carbonyl (C=O) groups excluding carboxylic acids is 1. The van der Waals surface area contributed by atoms with Crippen LogP contribution in [0, 0.1) is 0 Å². The average molecular weight is 233 g/mol. The van der Waals surface area contributed by atoms with Gasteiger partial charge in [0.2, 0.25) is 0 Å². The van der Waals surface area contributed by atoms with Crippen molar-refractivity contribution in [3.8, 4) is 0 Å². The molecule has 0 saturated carbocycles. The van der Waals surface area contributed by atoms with Crippen molar-refractivity contribution in [3.63, 3.8) is 0 Å². The van der Waals surface area contributed by atoms with Gasteiger partial charge in [-0.3, -0.25) is 4.79 Å². The molecule has 0 aliphatic heterocycles. The molecule has 0 amide bonds. The normalized spacial score (nSPS) is 19.8. The summed E-state index contributed by atoms with van der Waals surface area (Å²) in [5.74, 6) is 0.225. The highest BCUT2D eigenvalue weighted by molar-refractivity contribution is 5.69. The highest BCUT2D eigenvalue weighted by Crippen LogP contribution is 2.35. The van der Waals surface area contributed by atoms with E-state index in [0.717, 1.165) is 12.8 Å². The maximum Gasteiger partial charge on any atom is 0.305 e. The Morgan fingerprint density at radius 2 is 2.29 bits per heavy atom. The predicted molar refractivity (Wildman–Crippen MR) is 66.7 cm³/mol. The van der Waals surface area contributed by atoms with Crippen LogP contribution in [0.3, 0.4) is 0 Å². The summed E-state index contributed by atoms with van der Waals surface area (Å²) in [5, 5.41) is 0. The van der Waals surface area contributed by atoms with Gasteiger partial charge >= 0.3 is 5.97 Å². The SMILES string of the molecule is COC(=O)CCC(N)C1CCc2ccccc21. The maximum absolute atomic E-state index is 11.1. The van der Waals surface area contributed by atoms with Crippen molar-refractivity contribution >= 4 is 5.97 Å². The lowest BCUT2D eigenvalue weighted by atomic mass is 9.91. The number of hydrogen-bond donors (Lipinski definition) is 1. The number of fused-ring (bicyclic) bond motifs is 1. The van der Waals surface area contributed by atoms with Gasteiger partial charge in [-0.05, 0) is 36.3 Å². The second-order valence-corrected chi connectivity index (χ2v) is 4.62. The standard InChI is InChI=1S/C14H19NO2/c1-17-14(16)9-8-13(15)12-7-6-10-4-2-3-5-11(10)12/h2-5,12-13H,6-9,15H2,1H3. The maximum atomic E-state index is 11.1. The predicted octanol–water partition coefficient (Wildman–Crippen LogP) is 2.00. The minimum atomic E-state index is -0.174. The van der Waals surface area contributed by atoms with Gasteiger partial charge in [-0.2, -0.15) is 0 Å². The fourth-order valence-corrected chi connectivity index (χ4v) is 2.62. The van der Waals surface area contributed by atoms with Crippen LogP contribution >= 0.6 is 0 Å². The van der Waals surface area contributed by atoms with Crippen LogP contribution in [0.1, 0.15) is 36.3 Å². The van der Waals surface area contributed by atoms with Gasteiger partial charge in [0.15, 0.2) is 0 Å². The quantitative estimate of drug-likeness (QED) is 0.809. The van der Waals surface area contributed by atoms with Crippen LogP contribution in [0.4, 0.5) is 0 Å². The zero-order chi connectivity index (χ0) is 12.3. The zero-order valence-corrected chi connectivity index (χ0v) is 10.2. The van der Waals surface area contributed by atoms with E-state index in [2.05, 4.69) is 29.0 Å². The summed E-state index contributed by atoms with van der Waals surface area (Å²) in [5.41, 5.74) is 8.96. The molecule has 2 unspecified atom stereocenters. The lowest BCUT2D eigenvalue weighted by molar-refractivity contribution is -0.140. The lowest BCUT2D eigenvalue weighted by Gasteiger charge is -2.19. The largest absolute Gasteiger partial charge is 0.469 e. The number of nitrogens with two attached hydrogens (primary N) is 1. The minimum absolute atomic E-state index is 0.0535. The monoisotopic (exact) mass is 233 g/mol. The zero-order valence-electron chi connectivity index (χ0n) is 10.2. The third kappa shape index (κ3) is 2.67. The number of hydrogen-bond acceptors (Lipinski definition) is 3. The van der Waals surface area contributed by atoms with Gasteiger partial charge in [0.25, 0.3) is 0 Å². The second kappa shape index (κ2) is 5.32. The molecule has 0 spiro atoms. The molecule has 0 bridgehead atoms. The Bertz CT molecular complexity index is 403. The number of esters is 1. The molecular weight excluding hydrogens is 214 g/mol. The van der Waals surface area contributed by atoms with Crippen LogP contribution in [0.25, 0.3) is 0 Å². The molecular formula is C14H19NO2. The van der Waals surface area contributed by atoms with Crippen molar-refractivity contribution in [1.29, 1.82) is 0 Å². The van der Waals surface area contributed by atoms with E-state index in [1.165, 1.54) is 18.2 Å². The Labute approximate surface area is 102 Å². The fraction of sp³-hybridized carbons (Fsp3) is 0.500. The smallest absolute Gasteiger partial charge is 0.305 e. The van der Waals surface area contributed by atoms with Crippen molar-refractivity contribution in [2.24, 2.45) is 5.73 Å². The Morgan fingerprint density at radius 3 is 3.06 bits per heavy atom. The van der Waals surface area contributed by atoms with E-state index in [0.29, 0.717) is 18.8 Å². The molecule has 0 fully saturated rings. The van der Waals surface area contributed by atoms with E-state index >= 15 is 0 Å². The summed E-state index contributed by atoms with van der Waals surface area (Å²) in [6.45, 7) is 0. The van der Waals surface area contributed by atoms with E-state index in [9.17, 15) is 4.79 Å². The van der Waals surface area contributed by atoms with Crippen molar-refractivity contribution < 1.29 is 9.53 Å². The van der Waals surface area contributed by atoms with Gasteiger partial charge in [0.05, 0.1) is 7.11 Å². The van der Waals surface area contributed by atoms with Crippen LogP contribution < -0.4 is 5.73 Å². The summed E-state index contributed by atoms with van der Waals surface area (Å²) < 4.78 is 4.64. The molecule has 0 aromatic heterocycles. The van der Waals surface area contributed by atoms with Gasteiger partial charge in [0.1, 0.15) is 0 Å². The Hall–Kier alpha value is -1.35. The highest BCUT2D eigenvalue weighted by atomic mass is 16.5. The van der Waals surface area contributed by atoms with Gasteiger partial charge in [0, 0.05) is 12.5 Å². The summed E-state index contributed by atoms with van der Waals surface area (Å²) in [7, 11) is 1.42. The molecule has 3 heteroatoms. The van der Waals surface area contributed by atoms with Crippen LogP contribution in [0.2, 0.25) is 0 Å². The molecule has 0 radical (unpaired) electrons. The molecule has 92 valence electrons. The number of ether oxygens (including phenoxy) is 1. The highest BCUT2D eigenvalue weighted by Gasteiger charge is 2.27. The van der Waals surface area contributed by atoms with E-state index in [1.54, 1.807) is 0 Å². The van der Waals surface area contributed by atoms with E-state index in [1.807, 2.05) is 0 Å². The van der Waals surface area contributed by atoms with Crippen LogP contribution in [-0.2, 0) is 16.0 Å². The second-order valence-electron chi connectivity index (χ2n) is 4.62.